The molecule has 0 aromatic carbocycles. The molecule has 0 aromatic heterocycles. The molecule has 0 aliphatic carbocycles. The highest BCUT2D eigenvalue weighted by Gasteiger charge is 2.32. The molecule has 1 amide bonds. The smallest absolute Gasteiger partial charge is 0.390 e. The molecule has 0 aromatic rings. The Morgan fingerprint density at radius 3 is 1.11 bits per heavy atom. The van der Waals surface area contributed by atoms with Gasteiger partial charge in [0, 0.05) is 6.42 Å². The molecule has 4 atom stereocenters. The van der Waals surface area contributed by atoms with Crippen molar-refractivity contribution in [2.45, 2.75) is 295 Å². The molecule has 4 unspecified atom stereocenters. The molecule has 0 aliphatic heterocycles. The Morgan fingerprint density at radius 1 is 0.492 bits per heavy atom. The summed E-state index contributed by atoms with van der Waals surface area (Å²) in [4.78, 5) is 23.3. The monoisotopic (exact) mass is 918 g/mol. The fourth-order valence-corrected chi connectivity index (χ4v) is 9.29. The van der Waals surface area contributed by atoms with E-state index >= 15 is 0 Å². The molecular weight excluding hydrogens is 808 g/mol. The van der Waals surface area contributed by atoms with Gasteiger partial charge in [-0.1, -0.05) is 258 Å². The van der Waals surface area contributed by atoms with Gasteiger partial charge in [0.1, 0.15) is 19.3 Å². The first-order chi connectivity index (χ1) is 30.4. The number of quaternary nitrogens is 1. The molecule has 4 N–H and O–H groups in total. The molecule has 10 heteroatoms. The number of hydrogen-bond acceptors (Lipinski definition) is 6. The Bertz CT molecular complexity index is 1010. The number of carbonyl (C=O) groups excluding carboxylic acids is 1. The highest BCUT2D eigenvalue weighted by Crippen LogP contribution is 2.43. The highest BCUT2D eigenvalue weighted by atomic mass is 31.2. The van der Waals surface area contributed by atoms with Crippen LogP contribution < -0.4 is 5.32 Å². The van der Waals surface area contributed by atoms with Crippen molar-refractivity contribution in [3.8, 4) is 0 Å². The maximum Gasteiger partial charge on any atom is 0.472 e. The van der Waals surface area contributed by atoms with Crippen molar-refractivity contribution >= 4 is 13.7 Å². The van der Waals surface area contributed by atoms with Crippen LogP contribution in [0.2, 0.25) is 0 Å². The summed E-state index contributed by atoms with van der Waals surface area (Å²) in [6.45, 7) is 4.64. The Labute approximate surface area is 392 Å². The Morgan fingerprint density at radius 2 is 0.794 bits per heavy atom. The zero-order chi connectivity index (χ0) is 46.5. The van der Waals surface area contributed by atoms with Crippen molar-refractivity contribution in [1.29, 1.82) is 0 Å². The molecule has 0 saturated carbocycles. The number of rotatable bonds is 51. The molecule has 0 heterocycles. The summed E-state index contributed by atoms with van der Waals surface area (Å²) in [5.74, 6) is -0.251. The minimum atomic E-state index is -4.41. The van der Waals surface area contributed by atoms with Crippen LogP contribution in [0.5, 0.6) is 0 Å². The third kappa shape index (κ3) is 46.4. The van der Waals surface area contributed by atoms with Gasteiger partial charge in [-0.15, -0.1) is 0 Å². The van der Waals surface area contributed by atoms with Gasteiger partial charge in [-0.05, 0) is 12.8 Å². The largest absolute Gasteiger partial charge is 0.472 e. The van der Waals surface area contributed by atoms with Gasteiger partial charge in [0.15, 0.2) is 0 Å². The first-order valence-corrected chi connectivity index (χ1v) is 29.0. The lowest BCUT2D eigenvalue weighted by molar-refractivity contribution is -0.870. The Balaban J connectivity index is 4.14. The number of phosphoric ester groups is 1. The van der Waals surface area contributed by atoms with E-state index in [1.54, 1.807) is 0 Å². The van der Waals surface area contributed by atoms with E-state index in [0.717, 1.165) is 38.5 Å². The van der Waals surface area contributed by atoms with Gasteiger partial charge >= 0.3 is 7.82 Å². The highest BCUT2D eigenvalue weighted by molar-refractivity contribution is 7.47. The number of hydrogen-bond donors (Lipinski definition) is 4. The van der Waals surface area contributed by atoms with Crippen LogP contribution in [0, 0.1) is 0 Å². The van der Waals surface area contributed by atoms with Crippen LogP contribution in [0.1, 0.15) is 277 Å². The van der Waals surface area contributed by atoms with E-state index in [4.69, 9.17) is 9.05 Å². The Kier molecular flexibility index (Phi) is 44.9. The van der Waals surface area contributed by atoms with Gasteiger partial charge in [-0.2, -0.15) is 0 Å². The van der Waals surface area contributed by atoms with E-state index in [1.165, 1.54) is 212 Å². The summed E-state index contributed by atoms with van der Waals surface area (Å²) in [5, 5.41) is 24.8. The second-order valence-corrected chi connectivity index (χ2v) is 21.9. The van der Waals surface area contributed by atoms with Crippen LogP contribution in [0.4, 0.5) is 0 Å². The summed E-state index contributed by atoms with van der Waals surface area (Å²) >= 11 is 0. The van der Waals surface area contributed by atoms with E-state index in [2.05, 4.69) is 19.2 Å². The fourth-order valence-electron chi connectivity index (χ4n) is 8.56. The first-order valence-electron chi connectivity index (χ1n) is 27.5. The minimum Gasteiger partial charge on any atom is -0.390 e. The number of nitrogens with one attached hydrogen (secondary N) is 1. The van der Waals surface area contributed by atoms with Crippen molar-refractivity contribution in [1.82, 2.24) is 5.32 Å². The van der Waals surface area contributed by atoms with Gasteiger partial charge in [-0.3, -0.25) is 13.8 Å². The second kappa shape index (κ2) is 45.3. The number of carbonyl (C=O) groups is 1. The van der Waals surface area contributed by atoms with Crippen molar-refractivity contribution in [2.24, 2.45) is 0 Å². The quantitative estimate of drug-likeness (QED) is 0.0272. The fraction of sp³-hybridized carbons (Fsp3) is 0.981. The van der Waals surface area contributed by atoms with Crippen molar-refractivity contribution in [2.75, 3.05) is 40.9 Å². The molecular formula is C53H110N2O7P+. The SMILES string of the molecule is CCCCCCCCCCCCCCCCCCCCCCCCCCCCCC(=O)NC(COP(=O)(O)OCC[N+](C)(C)C)C(O)C(O)CCCCCCCCCCCCCC. The van der Waals surface area contributed by atoms with Gasteiger partial charge < -0.3 is 24.9 Å². The molecule has 0 aliphatic rings. The molecule has 0 saturated heterocycles. The van der Waals surface area contributed by atoms with Crippen LogP contribution >= 0.6 is 7.82 Å². The van der Waals surface area contributed by atoms with E-state index < -0.39 is 32.7 Å². The lowest BCUT2D eigenvalue weighted by atomic mass is 9.99. The van der Waals surface area contributed by atoms with E-state index in [9.17, 15) is 24.5 Å². The van der Waals surface area contributed by atoms with E-state index in [-0.39, 0.29) is 12.5 Å². The van der Waals surface area contributed by atoms with Crippen LogP contribution in [-0.2, 0) is 18.4 Å². The second-order valence-electron chi connectivity index (χ2n) is 20.5. The maximum absolute atomic E-state index is 13.0. The molecule has 0 fully saturated rings. The number of aliphatic hydroxyl groups is 2. The van der Waals surface area contributed by atoms with Gasteiger partial charge in [0.25, 0.3) is 0 Å². The standard InChI is InChI=1S/C53H109N2O7P/c1-6-8-10-12-14-16-18-20-21-22-23-24-25-26-27-28-29-30-31-32-33-34-36-38-40-42-44-46-52(57)54-50(49-62-63(59,60)61-48-47-55(3,4)5)53(58)51(56)45-43-41-39-37-35-19-17-15-13-11-9-7-2/h50-51,53,56,58H,6-49H2,1-5H3,(H-,54,57,59,60)/p+1. The summed E-state index contributed by atoms with van der Waals surface area (Å²) in [5.41, 5.74) is 0. The molecule has 378 valence electrons. The van der Waals surface area contributed by atoms with Gasteiger partial charge in [-0.25, -0.2) is 4.57 Å². The topological polar surface area (TPSA) is 125 Å². The number of unbranched alkanes of at least 4 members (excludes halogenated alkanes) is 37. The average Bonchev–Trinajstić information content (AvgIpc) is 3.24. The zero-order valence-electron chi connectivity index (χ0n) is 42.7. The van der Waals surface area contributed by atoms with E-state index in [0.29, 0.717) is 23.9 Å². The number of aliphatic hydroxyl groups excluding tert-OH is 2. The lowest BCUT2D eigenvalue weighted by Gasteiger charge is -2.28. The van der Waals surface area contributed by atoms with Gasteiger partial charge in [0.05, 0.1) is 39.9 Å². The summed E-state index contributed by atoms with van der Waals surface area (Å²) in [7, 11) is 1.45. The predicted molar refractivity (Wildman–Crippen MR) is 269 cm³/mol. The molecule has 9 nitrogen and oxygen atoms in total. The number of likely N-dealkylation sites (N-methyl/N-ethyl adjacent to an activating group) is 1. The number of amides is 1. The summed E-state index contributed by atoms with van der Waals surface area (Å²) in [6, 6.07) is -1.03. The molecule has 63 heavy (non-hydrogen) atoms. The maximum atomic E-state index is 13.0. The molecule has 0 rings (SSSR count). The van der Waals surface area contributed by atoms with Crippen LogP contribution in [-0.4, -0.2) is 84.6 Å². The summed E-state index contributed by atoms with van der Waals surface area (Å²) in [6.07, 6.45) is 49.0. The van der Waals surface area contributed by atoms with Gasteiger partial charge in [0.2, 0.25) is 5.91 Å². The first kappa shape index (κ1) is 62.5. The number of nitrogens with zero attached hydrogens (tertiary/aromatic N) is 1. The van der Waals surface area contributed by atoms with Crippen LogP contribution in [0.3, 0.4) is 0 Å². The average molecular weight is 918 g/mol. The van der Waals surface area contributed by atoms with E-state index in [1.807, 2.05) is 21.1 Å². The predicted octanol–water partition coefficient (Wildman–Crippen LogP) is 15.1. The lowest BCUT2D eigenvalue weighted by Crippen LogP contribution is -2.51. The minimum absolute atomic E-state index is 0.0259. The zero-order valence-corrected chi connectivity index (χ0v) is 43.6. The van der Waals surface area contributed by atoms with Crippen molar-refractivity contribution < 1.29 is 38.0 Å². The Hall–Kier alpha value is -0.540. The summed E-state index contributed by atoms with van der Waals surface area (Å²) < 4.78 is 23.6. The molecule has 0 spiro atoms. The molecule has 0 bridgehead atoms. The normalized spacial score (nSPS) is 14.5. The molecule has 0 radical (unpaired) electrons. The third-order valence-electron chi connectivity index (χ3n) is 12.9. The van der Waals surface area contributed by atoms with Crippen molar-refractivity contribution in [3.05, 3.63) is 0 Å². The van der Waals surface area contributed by atoms with Crippen LogP contribution in [0.25, 0.3) is 0 Å². The van der Waals surface area contributed by atoms with Crippen LogP contribution in [0.15, 0.2) is 0 Å². The van der Waals surface area contributed by atoms with Crippen molar-refractivity contribution in [3.63, 3.8) is 0 Å². The third-order valence-corrected chi connectivity index (χ3v) is 13.9. The number of phosphoric acid groups is 1.